The smallest absolute Gasteiger partial charge is 0.349 e. The summed E-state index contributed by atoms with van der Waals surface area (Å²) < 4.78 is 19.5. The van der Waals surface area contributed by atoms with E-state index >= 15 is 0 Å². The summed E-state index contributed by atoms with van der Waals surface area (Å²) in [5.41, 5.74) is 1.01. The van der Waals surface area contributed by atoms with Crippen LogP contribution in [0.2, 0.25) is 0 Å². The number of aryl methyl sites for hydroxylation is 1. The normalized spacial score (nSPS) is 26.4. The third-order valence-electron chi connectivity index (χ3n) is 6.90. The van der Waals surface area contributed by atoms with Crippen LogP contribution in [0, 0.1) is 24.6 Å². The summed E-state index contributed by atoms with van der Waals surface area (Å²) >= 11 is 0. The van der Waals surface area contributed by atoms with Gasteiger partial charge in [0.2, 0.25) is 0 Å². The van der Waals surface area contributed by atoms with E-state index < -0.39 is 5.63 Å². The van der Waals surface area contributed by atoms with E-state index in [4.69, 9.17) is 4.42 Å². The van der Waals surface area contributed by atoms with Gasteiger partial charge in [-0.3, -0.25) is 4.79 Å². The Morgan fingerprint density at radius 1 is 1.24 bits per heavy atom. The molecule has 1 aromatic carbocycles. The van der Waals surface area contributed by atoms with Crippen molar-refractivity contribution >= 4 is 5.91 Å². The lowest BCUT2D eigenvalue weighted by Crippen LogP contribution is -2.37. The van der Waals surface area contributed by atoms with Gasteiger partial charge in [0, 0.05) is 31.5 Å². The molecule has 2 aliphatic heterocycles. The number of carbonyl (C=O) groups excluding carboxylic acids is 1. The molecule has 29 heavy (non-hydrogen) atoms. The lowest BCUT2D eigenvalue weighted by molar-refractivity contribution is 0.0707. The molecular formula is C23H25FN2O3. The number of fused-ring (bicyclic) bond motifs is 1. The third-order valence-corrected chi connectivity index (χ3v) is 6.90. The Morgan fingerprint density at radius 2 is 2.07 bits per heavy atom. The van der Waals surface area contributed by atoms with Crippen molar-refractivity contribution in [3.63, 3.8) is 0 Å². The molecule has 3 heterocycles. The van der Waals surface area contributed by atoms with Gasteiger partial charge in [0.25, 0.3) is 5.91 Å². The van der Waals surface area contributed by atoms with Crippen LogP contribution >= 0.6 is 0 Å². The standard InChI is InChI=1S/C23H25FN2O3/c1-13-8-19(14-4-2-5-14)29-23(28)20(13)22(27)26-12-16-10-25-11-18(16)21(26)15-6-3-7-17(24)9-15/h3,6-9,14,16,18,21,25H,2,4-5,10-12H2,1H3/t16-,18-,21-/m0/s1. The van der Waals surface area contributed by atoms with Gasteiger partial charge >= 0.3 is 5.63 Å². The first-order valence-corrected chi connectivity index (χ1v) is 10.4. The van der Waals surface area contributed by atoms with Crippen molar-refractivity contribution in [2.24, 2.45) is 11.8 Å². The third kappa shape index (κ3) is 3.10. The highest BCUT2D eigenvalue weighted by atomic mass is 19.1. The van der Waals surface area contributed by atoms with Crippen molar-refractivity contribution in [3.05, 3.63) is 69.0 Å². The Balaban J connectivity index is 1.52. The van der Waals surface area contributed by atoms with E-state index in [0.29, 0.717) is 29.7 Å². The zero-order valence-electron chi connectivity index (χ0n) is 16.5. The number of rotatable bonds is 3. The number of hydrogen-bond donors (Lipinski definition) is 1. The van der Waals surface area contributed by atoms with Crippen LogP contribution in [0.25, 0.3) is 0 Å². The second-order valence-electron chi connectivity index (χ2n) is 8.66. The van der Waals surface area contributed by atoms with Gasteiger partial charge in [0.05, 0.1) is 6.04 Å². The van der Waals surface area contributed by atoms with Crippen LogP contribution in [0.3, 0.4) is 0 Å². The highest BCUT2D eigenvalue weighted by molar-refractivity contribution is 5.95. The number of nitrogens with zero attached hydrogens (tertiary/aromatic N) is 1. The van der Waals surface area contributed by atoms with Gasteiger partial charge in [0.15, 0.2) is 0 Å². The number of carbonyl (C=O) groups is 1. The second-order valence-corrected chi connectivity index (χ2v) is 8.66. The predicted octanol–water partition coefficient (Wildman–Crippen LogP) is 3.39. The number of nitrogens with one attached hydrogen (secondary N) is 1. The van der Waals surface area contributed by atoms with Gasteiger partial charge < -0.3 is 14.6 Å². The van der Waals surface area contributed by atoms with Crippen LogP contribution in [0.15, 0.2) is 39.5 Å². The fourth-order valence-corrected chi connectivity index (χ4v) is 5.17. The molecule has 1 N–H and O–H groups in total. The average molecular weight is 396 g/mol. The molecule has 0 bridgehead atoms. The Kier molecular flexibility index (Phi) is 4.54. The zero-order valence-corrected chi connectivity index (χ0v) is 16.5. The zero-order chi connectivity index (χ0) is 20.1. The van der Waals surface area contributed by atoms with Crippen molar-refractivity contribution in [3.8, 4) is 0 Å². The van der Waals surface area contributed by atoms with Crippen LogP contribution in [0.5, 0.6) is 0 Å². The fourth-order valence-electron chi connectivity index (χ4n) is 5.17. The summed E-state index contributed by atoms with van der Waals surface area (Å²) in [5, 5.41) is 3.38. The summed E-state index contributed by atoms with van der Waals surface area (Å²) in [6.07, 6.45) is 3.20. The van der Waals surface area contributed by atoms with Crippen molar-refractivity contribution < 1.29 is 13.6 Å². The van der Waals surface area contributed by atoms with Gasteiger partial charge in [-0.2, -0.15) is 0 Å². The molecule has 3 atom stereocenters. The summed E-state index contributed by atoms with van der Waals surface area (Å²) in [6, 6.07) is 8.06. The van der Waals surface area contributed by atoms with E-state index in [1.165, 1.54) is 12.1 Å². The van der Waals surface area contributed by atoms with Crippen molar-refractivity contribution in [1.29, 1.82) is 0 Å². The summed E-state index contributed by atoms with van der Waals surface area (Å²) in [5.74, 6) is 0.878. The minimum Gasteiger partial charge on any atom is -0.427 e. The first kappa shape index (κ1) is 18.6. The van der Waals surface area contributed by atoms with E-state index in [2.05, 4.69) is 5.32 Å². The summed E-state index contributed by atoms with van der Waals surface area (Å²) in [4.78, 5) is 28.0. The molecule has 0 unspecified atom stereocenters. The SMILES string of the molecule is Cc1cc(C2CCC2)oc(=O)c1C(=O)N1C[C@@H]2CNC[C@@H]2[C@@H]1c1cccc(F)c1. The fraction of sp³-hybridized carbons (Fsp3) is 0.478. The number of likely N-dealkylation sites (tertiary alicyclic amines) is 1. The molecule has 1 amide bonds. The van der Waals surface area contributed by atoms with Crippen LogP contribution in [-0.4, -0.2) is 30.4 Å². The van der Waals surface area contributed by atoms with Crippen LogP contribution in [-0.2, 0) is 0 Å². The lowest BCUT2D eigenvalue weighted by Gasteiger charge is -2.29. The van der Waals surface area contributed by atoms with Crippen LogP contribution < -0.4 is 10.9 Å². The van der Waals surface area contributed by atoms with E-state index in [0.717, 1.165) is 37.9 Å². The maximum atomic E-state index is 13.9. The van der Waals surface area contributed by atoms with E-state index in [1.807, 2.05) is 19.1 Å². The minimum atomic E-state index is -0.551. The predicted molar refractivity (Wildman–Crippen MR) is 106 cm³/mol. The first-order valence-electron chi connectivity index (χ1n) is 10.4. The van der Waals surface area contributed by atoms with Gasteiger partial charge in [-0.15, -0.1) is 0 Å². The molecule has 2 aromatic rings. The highest BCUT2D eigenvalue weighted by Crippen LogP contribution is 2.43. The molecule has 1 aromatic heterocycles. The van der Waals surface area contributed by atoms with Crippen molar-refractivity contribution in [2.75, 3.05) is 19.6 Å². The molecular weight excluding hydrogens is 371 g/mol. The topological polar surface area (TPSA) is 62.6 Å². The van der Waals surface area contributed by atoms with Gasteiger partial charge in [-0.1, -0.05) is 18.6 Å². The molecule has 6 heteroatoms. The molecule has 0 spiro atoms. The molecule has 5 rings (SSSR count). The number of hydrogen-bond acceptors (Lipinski definition) is 4. The van der Waals surface area contributed by atoms with Crippen molar-refractivity contribution in [2.45, 2.75) is 38.1 Å². The molecule has 3 aliphatic rings. The molecule has 1 aliphatic carbocycles. The maximum Gasteiger partial charge on any atom is 0.349 e. The molecule has 152 valence electrons. The van der Waals surface area contributed by atoms with Crippen molar-refractivity contribution in [1.82, 2.24) is 10.2 Å². The summed E-state index contributed by atoms with van der Waals surface area (Å²) in [7, 11) is 0. The Morgan fingerprint density at radius 3 is 2.76 bits per heavy atom. The van der Waals surface area contributed by atoms with E-state index in [9.17, 15) is 14.0 Å². The van der Waals surface area contributed by atoms with Gasteiger partial charge in [-0.25, -0.2) is 9.18 Å². The second kappa shape index (κ2) is 7.10. The Labute approximate surface area is 168 Å². The Bertz CT molecular complexity index is 1010. The molecule has 1 saturated carbocycles. The van der Waals surface area contributed by atoms with E-state index in [1.54, 1.807) is 11.0 Å². The Hall–Kier alpha value is -2.47. The van der Waals surface area contributed by atoms with E-state index in [-0.39, 0.29) is 29.2 Å². The summed E-state index contributed by atoms with van der Waals surface area (Å²) in [6.45, 7) is 3.97. The highest BCUT2D eigenvalue weighted by Gasteiger charge is 2.47. The largest absolute Gasteiger partial charge is 0.427 e. The molecule has 2 saturated heterocycles. The average Bonchev–Trinajstić information content (AvgIpc) is 3.20. The molecule has 3 fully saturated rings. The lowest BCUT2D eigenvalue weighted by atomic mass is 9.83. The first-order chi connectivity index (χ1) is 14.0. The number of benzene rings is 1. The van der Waals surface area contributed by atoms with Gasteiger partial charge in [-0.05, 0) is 55.0 Å². The minimum absolute atomic E-state index is 0.113. The molecule has 0 radical (unpaired) electrons. The maximum absolute atomic E-state index is 13.9. The monoisotopic (exact) mass is 396 g/mol. The van der Waals surface area contributed by atoms with Crippen LogP contribution in [0.4, 0.5) is 4.39 Å². The quantitative estimate of drug-likeness (QED) is 0.864. The number of amides is 1. The van der Waals surface area contributed by atoms with Gasteiger partial charge in [0.1, 0.15) is 17.1 Å². The molecule has 5 nitrogen and oxygen atoms in total. The number of halogens is 1. The van der Waals surface area contributed by atoms with Crippen LogP contribution in [0.1, 0.15) is 58.5 Å².